The molecule has 0 aromatic heterocycles. The van der Waals surface area contributed by atoms with Gasteiger partial charge in [0.1, 0.15) is 0 Å². The summed E-state index contributed by atoms with van der Waals surface area (Å²) in [5, 5.41) is 0. The first-order valence-corrected chi connectivity index (χ1v) is 6.38. The van der Waals surface area contributed by atoms with Crippen molar-refractivity contribution in [2.75, 3.05) is 27.2 Å². The highest BCUT2D eigenvalue weighted by Crippen LogP contribution is 2.27. The maximum atomic E-state index is 13.8. The van der Waals surface area contributed by atoms with Crippen LogP contribution in [-0.2, 0) is 0 Å². The average molecular weight is 254 g/mol. The molecule has 4 heteroatoms. The second-order valence-electron chi connectivity index (χ2n) is 4.53. The lowest BCUT2D eigenvalue weighted by atomic mass is 10.0. The number of hydrogen-bond donors (Lipinski definition) is 1. The predicted octanol–water partition coefficient (Wildman–Crippen LogP) is 2.57. The molecule has 0 spiro atoms. The monoisotopic (exact) mass is 254 g/mol. The van der Waals surface area contributed by atoms with E-state index in [0.717, 1.165) is 18.4 Å². The first kappa shape index (κ1) is 14.9. The number of nitrogens with zero attached hydrogens (tertiary/aromatic N) is 1. The molecular weight excluding hydrogens is 231 g/mol. The van der Waals surface area contributed by atoms with Crippen molar-refractivity contribution in [1.29, 1.82) is 0 Å². The zero-order chi connectivity index (χ0) is 13.5. The largest absolute Gasteiger partial charge is 0.491 e. The summed E-state index contributed by atoms with van der Waals surface area (Å²) in [6.07, 6.45) is 1.86. The lowest BCUT2D eigenvalue weighted by molar-refractivity contribution is 0.278. The highest BCUT2D eigenvalue weighted by atomic mass is 19.1. The van der Waals surface area contributed by atoms with Gasteiger partial charge in [-0.1, -0.05) is 6.07 Å². The summed E-state index contributed by atoms with van der Waals surface area (Å²) in [6, 6.07) is 5.38. The summed E-state index contributed by atoms with van der Waals surface area (Å²) in [5.41, 5.74) is 6.50. The minimum Gasteiger partial charge on any atom is -0.491 e. The van der Waals surface area contributed by atoms with Gasteiger partial charge in [-0.2, -0.15) is 0 Å². The van der Waals surface area contributed by atoms with Crippen molar-refractivity contribution >= 4 is 0 Å². The number of rotatable bonds is 7. The molecule has 1 aromatic rings. The lowest BCUT2D eigenvalue weighted by Crippen LogP contribution is -2.21. The van der Waals surface area contributed by atoms with E-state index in [9.17, 15) is 4.39 Å². The van der Waals surface area contributed by atoms with Gasteiger partial charge in [0.2, 0.25) is 0 Å². The standard InChI is InChI=1S/C14H23FN2O/c1-4-18-14-8-7-11(10-12(14)15)13(17(2)3)6-5-9-16/h7-8,10,13H,4-6,9,16H2,1-3H3. The van der Waals surface area contributed by atoms with Crippen molar-refractivity contribution in [2.24, 2.45) is 5.73 Å². The molecule has 1 atom stereocenters. The Morgan fingerprint density at radius 1 is 1.39 bits per heavy atom. The van der Waals surface area contributed by atoms with E-state index < -0.39 is 0 Å². The summed E-state index contributed by atoms with van der Waals surface area (Å²) in [5.74, 6) is 0.0199. The molecule has 0 heterocycles. The van der Waals surface area contributed by atoms with Crippen LogP contribution in [0.3, 0.4) is 0 Å². The van der Waals surface area contributed by atoms with Crippen LogP contribution >= 0.6 is 0 Å². The fourth-order valence-electron chi connectivity index (χ4n) is 2.03. The number of nitrogens with two attached hydrogens (primary N) is 1. The maximum absolute atomic E-state index is 13.8. The Labute approximate surface area is 109 Å². The molecule has 0 fully saturated rings. The number of benzene rings is 1. The van der Waals surface area contributed by atoms with Crippen LogP contribution in [0.4, 0.5) is 4.39 Å². The van der Waals surface area contributed by atoms with Gasteiger partial charge >= 0.3 is 0 Å². The quantitative estimate of drug-likeness (QED) is 0.812. The Hall–Kier alpha value is -1.13. The number of hydrogen-bond acceptors (Lipinski definition) is 3. The third kappa shape index (κ3) is 3.96. The minimum absolute atomic E-state index is 0.193. The fraction of sp³-hybridized carbons (Fsp3) is 0.571. The second-order valence-corrected chi connectivity index (χ2v) is 4.53. The predicted molar refractivity (Wildman–Crippen MR) is 72.3 cm³/mol. The summed E-state index contributed by atoms with van der Waals surface area (Å²) >= 11 is 0. The zero-order valence-corrected chi connectivity index (χ0v) is 11.4. The Morgan fingerprint density at radius 2 is 2.11 bits per heavy atom. The smallest absolute Gasteiger partial charge is 0.165 e. The van der Waals surface area contributed by atoms with Gasteiger partial charge in [-0.05, 0) is 58.1 Å². The van der Waals surface area contributed by atoms with E-state index in [4.69, 9.17) is 10.5 Å². The molecule has 102 valence electrons. The van der Waals surface area contributed by atoms with E-state index >= 15 is 0 Å². The molecule has 1 unspecified atom stereocenters. The summed E-state index contributed by atoms with van der Waals surface area (Å²) in [7, 11) is 3.99. The van der Waals surface area contributed by atoms with Crippen LogP contribution in [0.15, 0.2) is 18.2 Å². The highest BCUT2D eigenvalue weighted by Gasteiger charge is 2.15. The van der Waals surface area contributed by atoms with Gasteiger partial charge in [-0.25, -0.2) is 4.39 Å². The summed E-state index contributed by atoms with van der Waals surface area (Å²) < 4.78 is 19.0. The highest BCUT2D eigenvalue weighted by molar-refractivity contribution is 5.31. The number of halogens is 1. The van der Waals surface area contributed by atoms with E-state index in [1.54, 1.807) is 12.1 Å². The van der Waals surface area contributed by atoms with Gasteiger partial charge in [0.05, 0.1) is 6.61 Å². The van der Waals surface area contributed by atoms with E-state index in [1.165, 1.54) is 0 Å². The molecule has 1 aromatic carbocycles. The van der Waals surface area contributed by atoms with Crippen molar-refractivity contribution < 1.29 is 9.13 Å². The Morgan fingerprint density at radius 3 is 2.61 bits per heavy atom. The Kier molecular flexibility index (Phi) is 6.09. The van der Waals surface area contributed by atoms with E-state index in [0.29, 0.717) is 18.9 Å². The molecule has 0 aliphatic rings. The molecule has 0 aliphatic carbocycles. The zero-order valence-electron chi connectivity index (χ0n) is 11.4. The van der Waals surface area contributed by atoms with Crippen molar-refractivity contribution in [1.82, 2.24) is 4.90 Å². The molecule has 0 saturated carbocycles. The van der Waals surface area contributed by atoms with Gasteiger partial charge in [0, 0.05) is 6.04 Å². The molecule has 18 heavy (non-hydrogen) atoms. The first-order valence-electron chi connectivity index (χ1n) is 6.38. The van der Waals surface area contributed by atoms with Crippen LogP contribution in [0.25, 0.3) is 0 Å². The third-order valence-electron chi connectivity index (χ3n) is 2.95. The SMILES string of the molecule is CCOc1ccc(C(CCCN)N(C)C)cc1F. The van der Waals surface area contributed by atoms with Gasteiger partial charge in [0.15, 0.2) is 11.6 Å². The van der Waals surface area contributed by atoms with Crippen molar-refractivity contribution in [3.8, 4) is 5.75 Å². The second kappa shape index (κ2) is 7.34. The molecule has 0 aliphatic heterocycles. The molecule has 0 saturated heterocycles. The number of ether oxygens (including phenoxy) is 1. The van der Waals surface area contributed by atoms with E-state index in [1.807, 2.05) is 27.1 Å². The fourth-order valence-corrected chi connectivity index (χ4v) is 2.03. The van der Waals surface area contributed by atoms with Crippen LogP contribution < -0.4 is 10.5 Å². The third-order valence-corrected chi connectivity index (χ3v) is 2.95. The molecule has 0 bridgehead atoms. The van der Waals surface area contributed by atoms with Crippen LogP contribution in [-0.4, -0.2) is 32.1 Å². The average Bonchev–Trinajstić information content (AvgIpc) is 2.32. The van der Waals surface area contributed by atoms with Crippen molar-refractivity contribution in [3.05, 3.63) is 29.6 Å². The van der Waals surface area contributed by atoms with Gasteiger partial charge in [-0.15, -0.1) is 0 Å². The van der Waals surface area contributed by atoms with Gasteiger partial charge in [-0.3, -0.25) is 0 Å². The lowest BCUT2D eigenvalue weighted by Gasteiger charge is -2.25. The molecule has 0 radical (unpaired) electrons. The summed E-state index contributed by atoms with van der Waals surface area (Å²) in [4.78, 5) is 2.09. The Bertz CT molecular complexity index is 369. The van der Waals surface area contributed by atoms with E-state index in [2.05, 4.69) is 4.90 Å². The molecule has 3 nitrogen and oxygen atoms in total. The van der Waals surface area contributed by atoms with Gasteiger partial charge in [0.25, 0.3) is 0 Å². The summed E-state index contributed by atoms with van der Waals surface area (Å²) in [6.45, 7) is 2.97. The van der Waals surface area contributed by atoms with Crippen molar-refractivity contribution in [2.45, 2.75) is 25.8 Å². The molecular formula is C14H23FN2O. The van der Waals surface area contributed by atoms with Crippen molar-refractivity contribution in [3.63, 3.8) is 0 Å². The van der Waals surface area contributed by atoms with Crippen LogP contribution in [0, 0.1) is 5.82 Å². The molecule has 0 amide bonds. The first-order chi connectivity index (χ1) is 8.60. The maximum Gasteiger partial charge on any atom is 0.165 e. The molecule has 2 N–H and O–H groups in total. The minimum atomic E-state index is -0.297. The van der Waals surface area contributed by atoms with Crippen LogP contribution in [0.1, 0.15) is 31.4 Å². The normalized spacial score (nSPS) is 12.8. The topological polar surface area (TPSA) is 38.5 Å². The van der Waals surface area contributed by atoms with E-state index in [-0.39, 0.29) is 11.9 Å². The molecule has 1 rings (SSSR count). The van der Waals surface area contributed by atoms with Crippen LogP contribution in [0.5, 0.6) is 5.75 Å². The van der Waals surface area contributed by atoms with Gasteiger partial charge < -0.3 is 15.4 Å². The van der Waals surface area contributed by atoms with Crippen LogP contribution in [0.2, 0.25) is 0 Å². The Balaban J connectivity index is 2.88.